The summed E-state index contributed by atoms with van der Waals surface area (Å²) in [7, 11) is -2.91. The molecule has 6 nitrogen and oxygen atoms in total. The third kappa shape index (κ3) is 3.23. The molecule has 0 saturated heterocycles. The lowest BCUT2D eigenvalue weighted by atomic mass is 9.88. The van der Waals surface area contributed by atoms with Gasteiger partial charge in [-0.3, -0.25) is 29.1 Å². The molecular weight excluding hydrogens is 562 g/mol. The van der Waals surface area contributed by atoms with E-state index in [9.17, 15) is 19.2 Å². The molecule has 2 atom stereocenters. The summed E-state index contributed by atoms with van der Waals surface area (Å²) in [5.74, 6) is 0. The molecule has 2 aromatic heterocycles. The van der Waals surface area contributed by atoms with Gasteiger partial charge in [0.25, 0.3) is 0 Å². The van der Waals surface area contributed by atoms with Crippen molar-refractivity contribution >= 4 is 81.2 Å². The number of rotatable bonds is 2. The van der Waals surface area contributed by atoms with Gasteiger partial charge in [0.2, 0.25) is 5.52 Å². The second-order valence-corrected chi connectivity index (χ2v) is 17.0. The zero-order valence-corrected chi connectivity index (χ0v) is 24.9. The van der Waals surface area contributed by atoms with Gasteiger partial charge < -0.3 is 0 Å². The number of carbonyl (C=O) groups is 4. The van der Waals surface area contributed by atoms with Gasteiger partial charge in [-0.2, -0.15) is 0 Å². The molecule has 2 aliphatic heterocycles. The topological polar surface area (TPSA) is 94.1 Å². The van der Waals surface area contributed by atoms with Crippen LogP contribution < -0.4 is 0 Å². The third-order valence-corrected chi connectivity index (χ3v) is 15.4. The van der Waals surface area contributed by atoms with Gasteiger partial charge in [-0.1, -0.05) is 50.7 Å². The third-order valence-electron chi connectivity index (χ3n) is 10.3. The smallest absolute Gasteiger partial charge is 0.211 e. The SMILES string of the molecule is O=C1c2ccc3c4ncc5c6c(ccc(c7cnc(c2c73)C(=O)P1C1CCCCC1)c64)C(=O)P(C1CCCCC1)C5=O. The maximum atomic E-state index is 13.9. The summed E-state index contributed by atoms with van der Waals surface area (Å²) in [5, 5.41) is 5.49. The Morgan fingerprint density at radius 2 is 1.07 bits per heavy atom. The lowest BCUT2D eigenvalue weighted by Gasteiger charge is -2.32. The molecule has 0 radical (unpaired) electrons. The number of pyridine rings is 2. The highest BCUT2D eigenvalue weighted by Gasteiger charge is 2.44. The highest BCUT2D eigenvalue weighted by molar-refractivity contribution is 7.91. The second kappa shape index (κ2) is 9.15. The van der Waals surface area contributed by atoms with Crippen molar-refractivity contribution < 1.29 is 19.2 Å². The number of fused-ring (bicyclic) bond motifs is 2. The van der Waals surface area contributed by atoms with Crippen molar-refractivity contribution in [3.8, 4) is 0 Å². The van der Waals surface area contributed by atoms with Crippen LogP contribution in [-0.4, -0.2) is 43.4 Å². The van der Waals surface area contributed by atoms with Crippen molar-refractivity contribution in [2.45, 2.75) is 75.5 Å². The summed E-state index contributed by atoms with van der Waals surface area (Å²) in [6, 6.07) is 7.66. The van der Waals surface area contributed by atoms with E-state index >= 15 is 0 Å². The van der Waals surface area contributed by atoms with Crippen LogP contribution >= 0.6 is 15.8 Å². The molecule has 4 aliphatic rings. The molecule has 2 unspecified atom stereocenters. The van der Waals surface area contributed by atoms with Crippen LogP contribution in [0.4, 0.5) is 0 Å². The van der Waals surface area contributed by atoms with Gasteiger partial charge in [0, 0.05) is 77.2 Å². The van der Waals surface area contributed by atoms with Crippen molar-refractivity contribution in [3.63, 3.8) is 0 Å². The van der Waals surface area contributed by atoms with Crippen LogP contribution in [0.3, 0.4) is 0 Å². The molecule has 2 aliphatic carbocycles. The normalized spacial score (nSPS) is 23.7. The fourth-order valence-corrected chi connectivity index (χ4v) is 13.5. The Balaban J connectivity index is 1.29. The summed E-state index contributed by atoms with van der Waals surface area (Å²) in [6.45, 7) is 0. The van der Waals surface area contributed by atoms with E-state index in [0.29, 0.717) is 38.7 Å². The Morgan fingerprint density at radius 3 is 1.74 bits per heavy atom. The summed E-state index contributed by atoms with van der Waals surface area (Å²) >= 11 is 0. The van der Waals surface area contributed by atoms with E-state index in [-0.39, 0.29) is 33.4 Å². The molecular formula is C34H28N2O4P2. The quantitative estimate of drug-likeness (QED) is 0.116. The number of nitrogens with zero attached hydrogens (tertiary/aromatic N) is 2. The van der Waals surface area contributed by atoms with Crippen molar-refractivity contribution in [3.05, 3.63) is 59.0 Å². The summed E-state index contributed by atoms with van der Waals surface area (Å²) in [5.41, 5.74) is 3.06. The van der Waals surface area contributed by atoms with Crippen LogP contribution in [0.1, 0.15) is 106 Å². The largest absolute Gasteiger partial charge is 0.289 e. The van der Waals surface area contributed by atoms with E-state index in [1.54, 1.807) is 12.4 Å². The lowest BCUT2D eigenvalue weighted by Crippen LogP contribution is -2.24. The van der Waals surface area contributed by atoms with Crippen molar-refractivity contribution in [2.75, 3.05) is 0 Å². The van der Waals surface area contributed by atoms with Crippen molar-refractivity contribution in [1.82, 2.24) is 9.97 Å². The fourth-order valence-electron chi connectivity index (χ4n) is 8.31. The predicted molar refractivity (Wildman–Crippen MR) is 168 cm³/mol. The monoisotopic (exact) mass is 590 g/mol. The predicted octanol–water partition coefficient (Wildman–Crippen LogP) is 8.74. The van der Waals surface area contributed by atoms with Gasteiger partial charge in [0.1, 0.15) is 5.69 Å². The van der Waals surface area contributed by atoms with Crippen LogP contribution in [0.5, 0.6) is 0 Å². The maximum Gasteiger partial charge on any atom is 0.211 e. The summed E-state index contributed by atoms with van der Waals surface area (Å²) in [4.78, 5) is 65.4. The van der Waals surface area contributed by atoms with E-state index in [1.807, 2.05) is 24.3 Å². The molecule has 2 saturated carbocycles. The molecule has 2 fully saturated rings. The Kier molecular flexibility index (Phi) is 5.51. The van der Waals surface area contributed by atoms with Gasteiger partial charge in [0.05, 0.1) is 5.52 Å². The fraction of sp³-hybridized carbons (Fsp3) is 0.353. The van der Waals surface area contributed by atoms with Crippen LogP contribution in [0.2, 0.25) is 0 Å². The average molecular weight is 591 g/mol. The van der Waals surface area contributed by atoms with Crippen LogP contribution in [0.15, 0.2) is 36.7 Å². The van der Waals surface area contributed by atoms with Gasteiger partial charge in [0.15, 0.2) is 16.6 Å². The average Bonchev–Trinajstić information content (AvgIpc) is 3.03. The highest BCUT2D eigenvalue weighted by atomic mass is 31.1. The van der Waals surface area contributed by atoms with Crippen LogP contribution in [0, 0.1) is 0 Å². The summed E-state index contributed by atoms with van der Waals surface area (Å²) < 4.78 is 0. The van der Waals surface area contributed by atoms with Crippen molar-refractivity contribution in [1.29, 1.82) is 0 Å². The maximum absolute atomic E-state index is 13.9. The standard InChI is InChI=1S/C34H28N2O4P2/c37-31-21-13-11-19-23-15-36-30-28-22(32(38)42(34(30)40)18-9-5-2-6-10-18)14-12-20(25(23)28)29-27(19)26(21)24(16-35-29)33(39)41(31)17-7-3-1-4-8-17/h11-18H,1-10H2. The molecule has 9 rings (SSSR count). The first-order valence-corrected chi connectivity index (χ1v) is 18.0. The lowest BCUT2D eigenvalue weighted by molar-refractivity contribution is 0.102. The van der Waals surface area contributed by atoms with Gasteiger partial charge >= 0.3 is 0 Å². The number of aromatic nitrogens is 2. The first-order valence-electron chi connectivity index (χ1n) is 15.2. The molecule has 208 valence electrons. The van der Waals surface area contributed by atoms with E-state index in [1.165, 1.54) is 12.8 Å². The number of hydrogen-bond donors (Lipinski definition) is 0. The van der Waals surface area contributed by atoms with Gasteiger partial charge in [-0.15, -0.1) is 0 Å². The molecule has 8 heteroatoms. The van der Waals surface area contributed by atoms with Crippen LogP contribution in [0.25, 0.3) is 43.2 Å². The minimum atomic E-state index is -1.47. The number of carbonyl (C=O) groups excluding carboxylic acids is 4. The van der Waals surface area contributed by atoms with Gasteiger partial charge in [-0.25, -0.2) is 0 Å². The minimum Gasteiger partial charge on any atom is -0.289 e. The van der Waals surface area contributed by atoms with Gasteiger partial charge in [-0.05, 0) is 54.5 Å². The number of benzene rings is 3. The molecule has 0 amide bonds. The molecule has 0 bridgehead atoms. The molecule has 0 N–H and O–H groups in total. The second-order valence-electron chi connectivity index (χ2n) is 12.4. The first kappa shape index (κ1) is 25.3. The van der Waals surface area contributed by atoms with E-state index in [4.69, 9.17) is 9.97 Å². The Morgan fingerprint density at radius 1 is 0.500 bits per heavy atom. The zero-order valence-electron chi connectivity index (χ0n) is 23.1. The molecule has 5 aromatic rings. The summed E-state index contributed by atoms with van der Waals surface area (Å²) in [6.07, 6.45) is 13.8. The number of hydrogen-bond acceptors (Lipinski definition) is 6. The molecule has 4 heterocycles. The minimum absolute atomic E-state index is 0.000435. The molecule has 3 aromatic carbocycles. The molecule has 0 spiro atoms. The zero-order chi connectivity index (χ0) is 28.3. The first-order chi connectivity index (χ1) is 20.5. The highest BCUT2D eigenvalue weighted by Crippen LogP contribution is 2.59. The Bertz CT molecular complexity index is 1790. The molecule has 42 heavy (non-hydrogen) atoms. The van der Waals surface area contributed by atoms with E-state index in [2.05, 4.69) is 0 Å². The van der Waals surface area contributed by atoms with Crippen molar-refractivity contribution in [2.24, 2.45) is 0 Å². The Labute approximate surface area is 244 Å². The Hall–Kier alpha value is -3.20. The van der Waals surface area contributed by atoms with E-state index in [0.717, 1.165) is 78.3 Å². The van der Waals surface area contributed by atoms with Crippen LogP contribution in [-0.2, 0) is 0 Å². The van der Waals surface area contributed by atoms with E-state index < -0.39 is 15.8 Å².